The molecule has 0 aliphatic carbocycles. The van der Waals surface area contributed by atoms with Crippen LogP contribution in [-0.4, -0.2) is 25.7 Å². The zero-order chi connectivity index (χ0) is 20.5. The molecule has 5 rings (SSSR count). The molecule has 0 saturated heterocycles. The van der Waals surface area contributed by atoms with Crippen LogP contribution in [0.5, 0.6) is 5.75 Å². The molecule has 2 aromatic heterocycles. The molecular weight excluding hydrogens is 374 g/mol. The number of phenols is 1. The number of carbonyl (C=O) groups excluding carboxylic acids is 1. The standard InChI is InChI=1S/C21H15N3O5/c1-2-21(28)14-6-16-17-11(8-24(16)19(26)13(14)9-29-20(21)27)5-12-15(23-17)4-3-10(7-22)18(12)25/h3-6,25,28H,2,8-9H2,1H3/t21-/m0/s1. The second kappa shape index (κ2) is 5.65. The van der Waals surface area contributed by atoms with Crippen molar-refractivity contribution >= 4 is 16.9 Å². The SMILES string of the molecule is CC[C@@]1(O)C(=O)OCc2c1cc1n(c2=O)Cc2cc3c(O)c(C#N)ccc3nc2-1. The maximum Gasteiger partial charge on any atom is 0.343 e. The summed E-state index contributed by atoms with van der Waals surface area (Å²) >= 11 is 0. The molecule has 1 aromatic carbocycles. The van der Waals surface area contributed by atoms with Crippen LogP contribution in [0.3, 0.4) is 0 Å². The van der Waals surface area contributed by atoms with Crippen molar-refractivity contribution in [3.05, 3.63) is 56.9 Å². The molecular formula is C21H15N3O5. The molecule has 4 heterocycles. The molecule has 0 unspecified atom stereocenters. The molecule has 0 fully saturated rings. The Bertz CT molecular complexity index is 1350. The van der Waals surface area contributed by atoms with Crippen LogP contribution in [0, 0.1) is 11.3 Å². The molecule has 2 N–H and O–H groups in total. The number of nitriles is 1. The van der Waals surface area contributed by atoms with Crippen LogP contribution in [0.4, 0.5) is 0 Å². The van der Waals surface area contributed by atoms with Gasteiger partial charge in [0, 0.05) is 16.5 Å². The van der Waals surface area contributed by atoms with Crippen LogP contribution in [0.1, 0.15) is 35.6 Å². The number of ether oxygens (including phenoxy) is 1. The van der Waals surface area contributed by atoms with Gasteiger partial charge in [0.1, 0.15) is 18.4 Å². The van der Waals surface area contributed by atoms with Crippen LogP contribution in [-0.2, 0) is 28.3 Å². The lowest BCUT2D eigenvalue weighted by molar-refractivity contribution is -0.172. The minimum absolute atomic E-state index is 0.0740. The number of cyclic esters (lactones) is 1. The Morgan fingerprint density at radius 3 is 2.86 bits per heavy atom. The molecule has 2 aliphatic rings. The number of benzene rings is 1. The van der Waals surface area contributed by atoms with Crippen molar-refractivity contribution in [1.82, 2.24) is 9.55 Å². The van der Waals surface area contributed by atoms with Crippen LogP contribution < -0.4 is 5.56 Å². The molecule has 8 heteroatoms. The van der Waals surface area contributed by atoms with Crippen molar-refractivity contribution in [2.75, 3.05) is 0 Å². The van der Waals surface area contributed by atoms with Gasteiger partial charge in [0.25, 0.3) is 5.56 Å². The van der Waals surface area contributed by atoms with Gasteiger partial charge in [-0.05, 0) is 30.7 Å². The number of aromatic nitrogens is 2. The Morgan fingerprint density at radius 2 is 2.14 bits per heavy atom. The quantitative estimate of drug-likeness (QED) is 0.474. The van der Waals surface area contributed by atoms with Gasteiger partial charge in [-0.3, -0.25) is 4.79 Å². The van der Waals surface area contributed by atoms with E-state index in [9.17, 15) is 19.8 Å². The fraction of sp³-hybridized carbons (Fsp3) is 0.238. The predicted molar refractivity (Wildman–Crippen MR) is 101 cm³/mol. The van der Waals surface area contributed by atoms with E-state index in [0.717, 1.165) is 0 Å². The van der Waals surface area contributed by atoms with Crippen molar-refractivity contribution < 1.29 is 19.7 Å². The van der Waals surface area contributed by atoms with Gasteiger partial charge < -0.3 is 19.5 Å². The lowest BCUT2D eigenvalue weighted by Gasteiger charge is -2.31. The summed E-state index contributed by atoms with van der Waals surface area (Å²) in [5.74, 6) is -0.919. The molecule has 29 heavy (non-hydrogen) atoms. The van der Waals surface area contributed by atoms with E-state index in [2.05, 4.69) is 4.98 Å². The highest BCUT2D eigenvalue weighted by Gasteiger charge is 2.45. The van der Waals surface area contributed by atoms with Crippen molar-refractivity contribution in [1.29, 1.82) is 5.26 Å². The van der Waals surface area contributed by atoms with Gasteiger partial charge in [-0.2, -0.15) is 5.26 Å². The molecule has 8 nitrogen and oxygen atoms in total. The minimum Gasteiger partial charge on any atom is -0.506 e. The molecule has 1 atom stereocenters. The van der Waals surface area contributed by atoms with E-state index >= 15 is 0 Å². The topological polar surface area (TPSA) is 125 Å². The second-order valence-corrected chi connectivity index (χ2v) is 7.24. The maximum absolute atomic E-state index is 13.1. The number of phenolic OH excluding ortho intramolecular Hbond substituents is 1. The summed E-state index contributed by atoms with van der Waals surface area (Å²) in [6, 6.07) is 8.40. The van der Waals surface area contributed by atoms with E-state index in [1.165, 1.54) is 10.6 Å². The van der Waals surface area contributed by atoms with Crippen LogP contribution in [0.25, 0.3) is 22.3 Å². The van der Waals surface area contributed by atoms with E-state index in [1.54, 1.807) is 25.1 Å². The van der Waals surface area contributed by atoms with Gasteiger partial charge in [0.05, 0.1) is 34.6 Å². The van der Waals surface area contributed by atoms with E-state index < -0.39 is 11.6 Å². The Labute approximate surface area is 164 Å². The summed E-state index contributed by atoms with van der Waals surface area (Å²) in [6.07, 6.45) is 0.0740. The number of hydrogen-bond donors (Lipinski definition) is 2. The summed E-state index contributed by atoms with van der Waals surface area (Å²) in [5, 5.41) is 30.8. The number of aromatic hydroxyl groups is 1. The van der Waals surface area contributed by atoms with Gasteiger partial charge in [0.15, 0.2) is 5.60 Å². The normalized spacial score (nSPS) is 19.3. The van der Waals surface area contributed by atoms with Crippen molar-refractivity contribution in [3.8, 4) is 23.2 Å². The third kappa shape index (κ3) is 2.13. The number of aliphatic hydroxyl groups is 1. The highest BCUT2D eigenvalue weighted by molar-refractivity contribution is 5.91. The number of pyridine rings is 2. The zero-order valence-electron chi connectivity index (χ0n) is 15.4. The highest BCUT2D eigenvalue weighted by atomic mass is 16.6. The highest BCUT2D eigenvalue weighted by Crippen LogP contribution is 2.39. The Balaban J connectivity index is 1.79. The first kappa shape index (κ1) is 17.4. The number of nitrogens with zero attached hydrogens (tertiary/aromatic N) is 3. The summed E-state index contributed by atoms with van der Waals surface area (Å²) in [7, 11) is 0. The monoisotopic (exact) mass is 389 g/mol. The van der Waals surface area contributed by atoms with Crippen molar-refractivity contribution in [3.63, 3.8) is 0 Å². The average Bonchev–Trinajstić information content (AvgIpc) is 3.08. The summed E-state index contributed by atoms with van der Waals surface area (Å²) < 4.78 is 6.57. The van der Waals surface area contributed by atoms with Crippen molar-refractivity contribution in [2.45, 2.75) is 32.1 Å². The third-order valence-electron chi connectivity index (χ3n) is 5.78. The molecule has 0 spiro atoms. The Morgan fingerprint density at radius 1 is 1.34 bits per heavy atom. The molecule has 0 radical (unpaired) electrons. The molecule has 0 bridgehead atoms. The van der Waals surface area contributed by atoms with Crippen LogP contribution in [0.2, 0.25) is 0 Å². The van der Waals surface area contributed by atoms with Gasteiger partial charge in [0.2, 0.25) is 0 Å². The van der Waals surface area contributed by atoms with Crippen LogP contribution >= 0.6 is 0 Å². The number of fused-ring (bicyclic) bond motifs is 5. The second-order valence-electron chi connectivity index (χ2n) is 7.24. The summed E-state index contributed by atoms with van der Waals surface area (Å²) in [5.41, 5.74) is 0.650. The minimum atomic E-state index is -1.87. The molecule has 144 valence electrons. The van der Waals surface area contributed by atoms with E-state index in [4.69, 9.17) is 10.00 Å². The lowest BCUT2D eigenvalue weighted by Crippen LogP contribution is -2.44. The lowest BCUT2D eigenvalue weighted by atomic mass is 9.86. The molecule has 2 aliphatic heterocycles. The first-order valence-electron chi connectivity index (χ1n) is 9.12. The number of hydrogen-bond acceptors (Lipinski definition) is 7. The Hall–Kier alpha value is -3.70. The van der Waals surface area contributed by atoms with E-state index in [-0.39, 0.29) is 47.6 Å². The summed E-state index contributed by atoms with van der Waals surface area (Å²) in [4.78, 5) is 29.9. The number of esters is 1. The average molecular weight is 389 g/mol. The van der Waals surface area contributed by atoms with Gasteiger partial charge in [-0.1, -0.05) is 6.92 Å². The van der Waals surface area contributed by atoms with Gasteiger partial charge in [-0.25, -0.2) is 9.78 Å². The largest absolute Gasteiger partial charge is 0.506 e. The summed E-state index contributed by atoms with van der Waals surface area (Å²) in [6.45, 7) is 1.69. The zero-order valence-corrected chi connectivity index (χ0v) is 15.4. The van der Waals surface area contributed by atoms with Crippen LogP contribution in [0.15, 0.2) is 29.1 Å². The third-order valence-corrected chi connectivity index (χ3v) is 5.78. The Kier molecular flexibility index (Phi) is 3.39. The fourth-order valence-electron chi connectivity index (χ4n) is 4.13. The van der Waals surface area contributed by atoms with Gasteiger partial charge in [-0.15, -0.1) is 0 Å². The number of rotatable bonds is 1. The molecule has 0 amide bonds. The first-order valence-corrected chi connectivity index (χ1v) is 9.12. The van der Waals surface area contributed by atoms with Gasteiger partial charge >= 0.3 is 5.97 Å². The maximum atomic E-state index is 13.1. The van der Waals surface area contributed by atoms with Crippen molar-refractivity contribution in [2.24, 2.45) is 0 Å². The molecule has 0 saturated carbocycles. The molecule has 3 aromatic rings. The van der Waals surface area contributed by atoms with E-state index in [1.807, 2.05) is 6.07 Å². The predicted octanol–water partition coefficient (Wildman–Crippen LogP) is 1.66. The smallest absolute Gasteiger partial charge is 0.343 e. The number of carbonyl (C=O) groups is 1. The fourth-order valence-corrected chi connectivity index (χ4v) is 4.13. The first-order chi connectivity index (χ1) is 13.9. The van der Waals surface area contributed by atoms with E-state index in [0.29, 0.717) is 27.9 Å².